The highest BCUT2D eigenvalue weighted by Crippen LogP contribution is 2.28. The van der Waals surface area contributed by atoms with E-state index in [-0.39, 0.29) is 24.5 Å². The van der Waals surface area contributed by atoms with Crippen LogP contribution < -0.4 is 21.1 Å². The van der Waals surface area contributed by atoms with Gasteiger partial charge in [-0.2, -0.15) is 5.10 Å². The van der Waals surface area contributed by atoms with Crippen molar-refractivity contribution in [2.24, 2.45) is 0 Å². The van der Waals surface area contributed by atoms with Crippen molar-refractivity contribution in [1.29, 1.82) is 0 Å². The fraction of sp³-hybridized carbons (Fsp3) is 0.333. The molecule has 2 amide bonds. The van der Waals surface area contributed by atoms with E-state index in [0.717, 1.165) is 5.69 Å². The van der Waals surface area contributed by atoms with Crippen LogP contribution in [0, 0.1) is 0 Å². The fourth-order valence-corrected chi connectivity index (χ4v) is 3.92. The highest BCUT2D eigenvalue weighted by Gasteiger charge is 2.28. The van der Waals surface area contributed by atoms with Crippen molar-refractivity contribution in [2.45, 2.75) is 12.5 Å². The number of morpholine rings is 1. The molecule has 3 aromatic rings. The lowest BCUT2D eigenvalue weighted by molar-refractivity contribution is -0.115. The molecule has 0 saturated carbocycles. The number of ether oxygens (including phenoxy) is 2. The van der Waals surface area contributed by atoms with Crippen LogP contribution in [0.2, 0.25) is 5.02 Å². The topological polar surface area (TPSA) is 147 Å². The number of amides is 2. The van der Waals surface area contributed by atoms with Crippen LogP contribution in [0.15, 0.2) is 42.6 Å². The summed E-state index contributed by atoms with van der Waals surface area (Å²) < 4.78 is 11.8. The molecule has 1 saturated heterocycles. The number of carbonyl (C=O) groups is 2. The van der Waals surface area contributed by atoms with Gasteiger partial charge in [-0.1, -0.05) is 11.6 Å². The zero-order valence-electron chi connectivity index (χ0n) is 19.8. The summed E-state index contributed by atoms with van der Waals surface area (Å²) in [7, 11) is 1.69. The van der Waals surface area contributed by atoms with Gasteiger partial charge in [-0.05, 0) is 43.4 Å². The van der Waals surface area contributed by atoms with Crippen molar-refractivity contribution >= 4 is 34.9 Å². The standard InChI is InChI=1S/C24H28ClN7O4/c1-27-13-23(33)29-18-10-16(25)3-4-20(18)35-8-6-17-11-19(31-30-17)21-14-32(7-9-36-21)24(34)15-2-5-22(26)28-12-15/h2-5,10-12,21,27H,6-9,13-14H2,1H3,(H2,26,28)(H,29,33)(H,30,31)/t21-/m1/s1. The molecule has 36 heavy (non-hydrogen) atoms. The maximum absolute atomic E-state index is 12.8. The van der Waals surface area contributed by atoms with E-state index < -0.39 is 0 Å². The molecule has 4 rings (SSSR count). The van der Waals surface area contributed by atoms with E-state index in [4.69, 9.17) is 26.8 Å². The normalized spacial score (nSPS) is 15.5. The molecule has 1 aliphatic heterocycles. The van der Waals surface area contributed by atoms with Crippen LogP contribution in [-0.4, -0.2) is 71.8 Å². The number of hydrogen-bond acceptors (Lipinski definition) is 8. The van der Waals surface area contributed by atoms with Crippen LogP contribution >= 0.6 is 11.6 Å². The predicted octanol–water partition coefficient (Wildman–Crippen LogP) is 2.03. The van der Waals surface area contributed by atoms with Gasteiger partial charge < -0.3 is 30.7 Å². The lowest BCUT2D eigenvalue weighted by Crippen LogP contribution is -2.42. The molecule has 2 aromatic heterocycles. The lowest BCUT2D eigenvalue weighted by Gasteiger charge is -2.32. The van der Waals surface area contributed by atoms with E-state index >= 15 is 0 Å². The quantitative estimate of drug-likeness (QED) is 0.340. The molecule has 1 atom stereocenters. The average molecular weight is 514 g/mol. The Kier molecular flexibility index (Phi) is 8.36. The first kappa shape index (κ1) is 25.4. The lowest BCUT2D eigenvalue weighted by atomic mass is 10.1. The van der Waals surface area contributed by atoms with Crippen LogP contribution in [0.4, 0.5) is 11.5 Å². The number of carbonyl (C=O) groups excluding carboxylic acids is 2. The van der Waals surface area contributed by atoms with Gasteiger partial charge in [-0.25, -0.2) is 4.98 Å². The number of rotatable bonds is 9. The monoisotopic (exact) mass is 513 g/mol. The summed E-state index contributed by atoms with van der Waals surface area (Å²) in [5, 5.41) is 13.5. The van der Waals surface area contributed by atoms with Crippen molar-refractivity contribution in [3.63, 3.8) is 0 Å². The number of anilines is 2. The first-order valence-electron chi connectivity index (χ1n) is 11.5. The van der Waals surface area contributed by atoms with Gasteiger partial charge in [0, 0.05) is 29.9 Å². The molecule has 1 aromatic carbocycles. The van der Waals surface area contributed by atoms with Crippen molar-refractivity contribution in [1.82, 2.24) is 25.4 Å². The summed E-state index contributed by atoms with van der Waals surface area (Å²) in [4.78, 5) is 30.5. The fourth-order valence-electron chi connectivity index (χ4n) is 3.75. The second kappa shape index (κ2) is 11.8. The number of nitrogens with zero attached hydrogens (tertiary/aromatic N) is 3. The number of hydrogen-bond donors (Lipinski definition) is 4. The predicted molar refractivity (Wildman–Crippen MR) is 135 cm³/mol. The molecule has 1 aliphatic rings. The Morgan fingerprint density at radius 1 is 1.31 bits per heavy atom. The Hall–Kier alpha value is -3.67. The molecule has 0 aliphatic carbocycles. The number of nitrogens with one attached hydrogen (secondary N) is 3. The second-order valence-corrected chi connectivity index (χ2v) is 8.65. The molecule has 11 nitrogen and oxygen atoms in total. The van der Waals surface area contributed by atoms with Crippen LogP contribution in [-0.2, 0) is 16.0 Å². The van der Waals surface area contributed by atoms with E-state index in [1.165, 1.54) is 6.20 Å². The van der Waals surface area contributed by atoms with Crippen LogP contribution in [0.5, 0.6) is 5.75 Å². The molecular formula is C24H28ClN7O4. The second-order valence-electron chi connectivity index (χ2n) is 8.22. The van der Waals surface area contributed by atoms with Crippen LogP contribution in [0.1, 0.15) is 27.8 Å². The van der Waals surface area contributed by atoms with E-state index in [1.54, 1.807) is 42.3 Å². The highest BCUT2D eigenvalue weighted by molar-refractivity contribution is 6.31. The van der Waals surface area contributed by atoms with Crippen molar-refractivity contribution in [3.8, 4) is 5.75 Å². The van der Waals surface area contributed by atoms with Gasteiger partial charge in [0.1, 0.15) is 17.7 Å². The van der Waals surface area contributed by atoms with Crippen molar-refractivity contribution < 1.29 is 19.1 Å². The van der Waals surface area contributed by atoms with Gasteiger partial charge >= 0.3 is 0 Å². The van der Waals surface area contributed by atoms with E-state index in [9.17, 15) is 9.59 Å². The van der Waals surface area contributed by atoms with E-state index in [0.29, 0.717) is 66.3 Å². The molecule has 12 heteroatoms. The van der Waals surface area contributed by atoms with E-state index in [2.05, 4.69) is 25.8 Å². The Morgan fingerprint density at radius 3 is 2.94 bits per heavy atom. The summed E-state index contributed by atoms with van der Waals surface area (Å²) in [6.45, 7) is 1.79. The Morgan fingerprint density at radius 2 is 2.17 bits per heavy atom. The molecule has 1 fully saturated rings. The van der Waals surface area contributed by atoms with E-state index in [1.807, 2.05) is 6.07 Å². The van der Waals surface area contributed by atoms with Gasteiger partial charge in [0.25, 0.3) is 5.91 Å². The summed E-state index contributed by atoms with van der Waals surface area (Å²) in [6.07, 6.45) is 1.68. The van der Waals surface area contributed by atoms with Crippen LogP contribution in [0.3, 0.4) is 0 Å². The number of aromatic amines is 1. The zero-order valence-corrected chi connectivity index (χ0v) is 20.5. The summed E-state index contributed by atoms with van der Waals surface area (Å²) in [5.41, 5.74) is 8.17. The third-order valence-electron chi connectivity index (χ3n) is 5.55. The number of pyridine rings is 1. The average Bonchev–Trinajstić information content (AvgIpc) is 3.35. The molecule has 0 bridgehead atoms. The number of likely N-dealkylation sites (N-methyl/N-ethyl adjacent to an activating group) is 1. The van der Waals surface area contributed by atoms with Crippen molar-refractivity contribution in [2.75, 3.05) is 50.9 Å². The van der Waals surface area contributed by atoms with Gasteiger partial charge in [0.15, 0.2) is 0 Å². The third-order valence-corrected chi connectivity index (χ3v) is 5.78. The number of H-pyrrole nitrogens is 1. The minimum Gasteiger partial charge on any atom is -0.491 e. The minimum atomic E-state index is -0.347. The van der Waals surface area contributed by atoms with Gasteiger partial charge in [-0.15, -0.1) is 0 Å². The number of aromatic nitrogens is 3. The van der Waals surface area contributed by atoms with Gasteiger partial charge in [0.2, 0.25) is 5.91 Å². The number of halogens is 1. The summed E-state index contributed by atoms with van der Waals surface area (Å²) in [5.74, 6) is 0.562. The molecule has 190 valence electrons. The van der Waals surface area contributed by atoms with Crippen molar-refractivity contribution in [3.05, 3.63) is 64.6 Å². The smallest absolute Gasteiger partial charge is 0.255 e. The van der Waals surface area contributed by atoms with Crippen LogP contribution in [0.25, 0.3) is 0 Å². The van der Waals surface area contributed by atoms with Gasteiger partial charge in [-0.3, -0.25) is 14.7 Å². The zero-order chi connectivity index (χ0) is 25.5. The molecule has 3 heterocycles. The summed E-state index contributed by atoms with van der Waals surface area (Å²) in [6, 6.07) is 10.2. The third kappa shape index (κ3) is 6.51. The number of nitrogen functional groups attached to an aromatic ring is 1. The first-order chi connectivity index (χ1) is 17.4. The highest BCUT2D eigenvalue weighted by atomic mass is 35.5. The maximum atomic E-state index is 12.8. The Bertz CT molecular complexity index is 1200. The largest absolute Gasteiger partial charge is 0.491 e. The maximum Gasteiger partial charge on any atom is 0.255 e. The molecule has 0 radical (unpaired) electrons. The molecule has 0 spiro atoms. The minimum absolute atomic E-state index is 0.125. The van der Waals surface area contributed by atoms with Gasteiger partial charge in [0.05, 0.1) is 43.2 Å². The summed E-state index contributed by atoms with van der Waals surface area (Å²) >= 11 is 6.07. The Balaban J connectivity index is 1.33. The molecule has 5 N–H and O–H groups in total. The number of benzene rings is 1. The number of nitrogens with two attached hydrogens (primary N) is 1. The first-order valence-corrected chi connectivity index (χ1v) is 11.8. The Labute approximate surface area is 213 Å². The molecule has 0 unspecified atom stereocenters. The molecular weight excluding hydrogens is 486 g/mol. The SMILES string of the molecule is CNCC(=O)Nc1cc(Cl)ccc1OCCc1cc([C@H]2CN(C(=O)c3ccc(N)nc3)CCO2)n[nH]1.